The van der Waals surface area contributed by atoms with Crippen molar-refractivity contribution in [1.82, 2.24) is 14.7 Å². The molecule has 8 nitrogen and oxygen atoms in total. The largest absolute Gasteiger partial charge is 0.479 e. The summed E-state index contributed by atoms with van der Waals surface area (Å²) in [6.07, 6.45) is 3.08. The van der Waals surface area contributed by atoms with Gasteiger partial charge < -0.3 is 15.3 Å². The summed E-state index contributed by atoms with van der Waals surface area (Å²) < 4.78 is 1.28. The second-order valence-electron chi connectivity index (χ2n) is 5.86. The van der Waals surface area contributed by atoms with Crippen LogP contribution in [0.2, 0.25) is 0 Å². The Kier molecular flexibility index (Phi) is 4.20. The van der Waals surface area contributed by atoms with Gasteiger partial charge in [-0.1, -0.05) is 0 Å². The first-order valence-electron chi connectivity index (χ1n) is 7.13. The normalized spacial score (nSPS) is 18.6. The zero-order valence-electron chi connectivity index (χ0n) is 12.9. The van der Waals surface area contributed by atoms with Gasteiger partial charge in [0, 0.05) is 25.7 Å². The number of carbonyl (C=O) groups is 3. The van der Waals surface area contributed by atoms with Crippen molar-refractivity contribution in [2.75, 3.05) is 18.4 Å². The average molecular weight is 308 g/mol. The fraction of sp³-hybridized carbons (Fsp3) is 0.571. The molecule has 1 saturated heterocycles. The molecule has 0 saturated carbocycles. The number of carboxylic acid groups (broad SMARTS) is 1. The van der Waals surface area contributed by atoms with Crippen LogP contribution in [0.4, 0.5) is 5.69 Å². The minimum atomic E-state index is -1.20. The molecule has 2 rings (SSSR count). The standard InChI is InChI=1S/C14H20N4O4/c1-4-17-7-9(5-11(17)19)12(20)16-10-6-15-18(8-10)14(2,3)13(21)22/h6,8-9H,4-5,7H2,1-3H3,(H,16,20)(H,21,22). The van der Waals surface area contributed by atoms with Crippen LogP contribution in [0.3, 0.4) is 0 Å². The molecule has 1 atom stereocenters. The molecule has 1 aromatic rings. The van der Waals surface area contributed by atoms with Crippen LogP contribution in [0, 0.1) is 5.92 Å². The number of rotatable bonds is 5. The van der Waals surface area contributed by atoms with Crippen LogP contribution in [-0.4, -0.2) is 50.7 Å². The maximum absolute atomic E-state index is 12.2. The Morgan fingerprint density at radius 1 is 1.50 bits per heavy atom. The fourth-order valence-corrected chi connectivity index (χ4v) is 2.29. The summed E-state index contributed by atoms with van der Waals surface area (Å²) in [7, 11) is 0. The Hall–Kier alpha value is -2.38. The monoisotopic (exact) mass is 308 g/mol. The molecule has 22 heavy (non-hydrogen) atoms. The number of carbonyl (C=O) groups excluding carboxylic acids is 2. The second kappa shape index (κ2) is 5.78. The lowest BCUT2D eigenvalue weighted by Gasteiger charge is -2.19. The first-order valence-corrected chi connectivity index (χ1v) is 7.13. The lowest BCUT2D eigenvalue weighted by Crippen LogP contribution is -2.36. The van der Waals surface area contributed by atoms with Gasteiger partial charge in [0.15, 0.2) is 5.54 Å². The van der Waals surface area contributed by atoms with E-state index < -0.39 is 11.5 Å². The third-order valence-corrected chi connectivity index (χ3v) is 3.91. The van der Waals surface area contributed by atoms with Crippen molar-refractivity contribution >= 4 is 23.5 Å². The lowest BCUT2D eigenvalue weighted by molar-refractivity contribution is -0.146. The smallest absolute Gasteiger partial charge is 0.331 e. The molecule has 8 heteroatoms. The number of nitrogens with zero attached hydrogens (tertiary/aromatic N) is 3. The van der Waals surface area contributed by atoms with E-state index in [1.807, 2.05) is 6.92 Å². The minimum absolute atomic E-state index is 0.0228. The minimum Gasteiger partial charge on any atom is -0.479 e. The van der Waals surface area contributed by atoms with E-state index in [4.69, 9.17) is 5.11 Å². The van der Waals surface area contributed by atoms with Gasteiger partial charge in [-0.3, -0.25) is 14.3 Å². The van der Waals surface area contributed by atoms with Crippen molar-refractivity contribution < 1.29 is 19.5 Å². The summed E-state index contributed by atoms with van der Waals surface area (Å²) in [5, 5.41) is 15.8. The first-order chi connectivity index (χ1) is 10.3. The van der Waals surface area contributed by atoms with Crippen LogP contribution >= 0.6 is 0 Å². The number of hydrogen-bond acceptors (Lipinski definition) is 4. The topological polar surface area (TPSA) is 105 Å². The van der Waals surface area contributed by atoms with Crippen LogP contribution in [-0.2, 0) is 19.9 Å². The number of anilines is 1. The van der Waals surface area contributed by atoms with Gasteiger partial charge in [0.05, 0.1) is 17.8 Å². The second-order valence-corrected chi connectivity index (χ2v) is 5.86. The van der Waals surface area contributed by atoms with Crippen LogP contribution in [0.5, 0.6) is 0 Å². The van der Waals surface area contributed by atoms with Crippen LogP contribution < -0.4 is 5.32 Å². The van der Waals surface area contributed by atoms with E-state index in [0.29, 0.717) is 18.8 Å². The van der Waals surface area contributed by atoms with E-state index in [2.05, 4.69) is 10.4 Å². The molecule has 1 aliphatic heterocycles. The number of aromatic nitrogens is 2. The number of carboxylic acids is 1. The molecule has 0 bridgehead atoms. The highest BCUT2D eigenvalue weighted by molar-refractivity contribution is 5.97. The van der Waals surface area contributed by atoms with Crippen LogP contribution in [0.15, 0.2) is 12.4 Å². The summed E-state index contributed by atoms with van der Waals surface area (Å²) in [6, 6.07) is 0. The third kappa shape index (κ3) is 2.95. The van der Waals surface area contributed by atoms with Crippen LogP contribution in [0.1, 0.15) is 27.2 Å². The quantitative estimate of drug-likeness (QED) is 0.824. The average Bonchev–Trinajstić information content (AvgIpc) is 3.05. The molecular weight excluding hydrogens is 288 g/mol. The summed E-state index contributed by atoms with van der Waals surface area (Å²) >= 11 is 0. The highest BCUT2D eigenvalue weighted by Crippen LogP contribution is 2.21. The van der Waals surface area contributed by atoms with Crippen LogP contribution in [0.25, 0.3) is 0 Å². The van der Waals surface area contributed by atoms with Gasteiger partial charge in [0.25, 0.3) is 0 Å². The van der Waals surface area contributed by atoms with E-state index in [-0.39, 0.29) is 24.2 Å². The van der Waals surface area contributed by atoms with Gasteiger partial charge >= 0.3 is 5.97 Å². The first kappa shape index (κ1) is 16.0. The van der Waals surface area contributed by atoms with Gasteiger partial charge in [-0.15, -0.1) is 0 Å². The van der Waals surface area contributed by atoms with Gasteiger partial charge in [-0.2, -0.15) is 5.10 Å². The number of likely N-dealkylation sites (tertiary alicyclic amines) is 1. The molecule has 1 aromatic heterocycles. The molecule has 0 aromatic carbocycles. The molecule has 2 N–H and O–H groups in total. The molecule has 1 fully saturated rings. The molecule has 2 heterocycles. The lowest BCUT2D eigenvalue weighted by atomic mass is 10.1. The molecule has 1 aliphatic rings. The molecule has 0 aliphatic carbocycles. The van der Waals surface area contributed by atoms with Crippen molar-refractivity contribution in [3.8, 4) is 0 Å². The summed E-state index contributed by atoms with van der Waals surface area (Å²) in [6.45, 7) is 5.91. The maximum Gasteiger partial charge on any atom is 0.331 e. The molecule has 0 spiro atoms. The molecular formula is C14H20N4O4. The molecule has 120 valence electrons. The summed E-state index contributed by atoms with van der Waals surface area (Å²) in [4.78, 5) is 36.6. The highest BCUT2D eigenvalue weighted by atomic mass is 16.4. The van der Waals surface area contributed by atoms with E-state index in [1.165, 1.54) is 30.9 Å². The van der Waals surface area contributed by atoms with E-state index in [1.54, 1.807) is 4.90 Å². The van der Waals surface area contributed by atoms with Crippen molar-refractivity contribution in [3.05, 3.63) is 12.4 Å². The zero-order chi connectivity index (χ0) is 16.5. The summed E-state index contributed by atoms with van der Waals surface area (Å²) in [5.41, 5.74) is -0.785. The van der Waals surface area contributed by atoms with Gasteiger partial charge in [-0.25, -0.2) is 4.79 Å². The molecule has 0 radical (unpaired) electrons. The Morgan fingerprint density at radius 2 is 2.18 bits per heavy atom. The zero-order valence-corrected chi connectivity index (χ0v) is 12.9. The Bertz CT molecular complexity index is 608. The van der Waals surface area contributed by atoms with Crippen molar-refractivity contribution in [2.24, 2.45) is 5.92 Å². The van der Waals surface area contributed by atoms with Gasteiger partial charge in [-0.05, 0) is 20.8 Å². The highest BCUT2D eigenvalue weighted by Gasteiger charge is 2.34. The number of nitrogens with one attached hydrogen (secondary N) is 1. The van der Waals surface area contributed by atoms with Crippen molar-refractivity contribution in [3.63, 3.8) is 0 Å². The fourth-order valence-electron chi connectivity index (χ4n) is 2.29. The Morgan fingerprint density at radius 3 is 2.73 bits per heavy atom. The van der Waals surface area contributed by atoms with Gasteiger partial charge in [0.1, 0.15) is 0 Å². The predicted octanol–water partition coefficient (Wildman–Crippen LogP) is 0.510. The maximum atomic E-state index is 12.2. The van der Waals surface area contributed by atoms with Crippen molar-refractivity contribution in [1.29, 1.82) is 0 Å². The summed E-state index contributed by atoms with van der Waals surface area (Å²) in [5.74, 6) is -1.68. The van der Waals surface area contributed by atoms with E-state index in [0.717, 1.165) is 0 Å². The molecule has 2 amide bonds. The predicted molar refractivity (Wildman–Crippen MR) is 78.2 cm³/mol. The molecule has 1 unspecified atom stereocenters. The van der Waals surface area contributed by atoms with E-state index in [9.17, 15) is 14.4 Å². The Labute approximate surface area is 128 Å². The number of aliphatic carboxylic acids is 1. The van der Waals surface area contributed by atoms with Gasteiger partial charge in [0.2, 0.25) is 11.8 Å². The Balaban J connectivity index is 2.03. The number of hydrogen-bond donors (Lipinski definition) is 2. The SMILES string of the molecule is CCN1CC(C(=O)Nc2cnn(C(C)(C)C(=O)O)c2)CC1=O. The van der Waals surface area contributed by atoms with E-state index >= 15 is 0 Å². The van der Waals surface area contributed by atoms with Crippen molar-refractivity contribution in [2.45, 2.75) is 32.7 Å². The number of amides is 2. The third-order valence-electron chi connectivity index (χ3n) is 3.91.